The number of nitrogens with one attached hydrogen (secondary N) is 2. The van der Waals surface area contributed by atoms with Crippen LogP contribution in [-0.2, 0) is 0 Å². The summed E-state index contributed by atoms with van der Waals surface area (Å²) >= 11 is 5.38. The molecule has 9 nitrogen and oxygen atoms in total. The summed E-state index contributed by atoms with van der Waals surface area (Å²) in [7, 11) is 0. The van der Waals surface area contributed by atoms with Crippen molar-refractivity contribution in [2.45, 2.75) is 19.3 Å². The molecular formula is C17H23ClN8O. The number of anilines is 2. The summed E-state index contributed by atoms with van der Waals surface area (Å²) in [6, 6.07) is 3.63. The van der Waals surface area contributed by atoms with Crippen molar-refractivity contribution in [1.82, 2.24) is 30.3 Å². The van der Waals surface area contributed by atoms with Gasteiger partial charge in [-0.2, -0.15) is 10.2 Å². The Kier molecular flexibility index (Phi) is 8.11. The topological polar surface area (TPSA) is 143 Å². The van der Waals surface area contributed by atoms with Gasteiger partial charge in [-0.3, -0.25) is 20.0 Å². The highest BCUT2D eigenvalue weighted by Gasteiger charge is 2.17. The molecule has 1 aliphatic rings. The van der Waals surface area contributed by atoms with Gasteiger partial charge in [-0.1, -0.05) is 11.6 Å². The van der Waals surface area contributed by atoms with Crippen LogP contribution in [-0.4, -0.2) is 49.3 Å². The van der Waals surface area contributed by atoms with Gasteiger partial charge in [0.25, 0.3) is 5.91 Å². The number of amides is 1. The summed E-state index contributed by atoms with van der Waals surface area (Å²) in [5.74, 6) is 0.123. The largest absolute Gasteiger partial charge is 0.396 e. The average Bonchev–Trinajstić information content (AvgIpc) is 3.34. The molecule has 27 heavy (non-hydrogen) atoms. The zero-order valence-corrected chi connectivity index (χ0v) is 15.6. The number of piperidine rings is 1. The number of H-pyrrole nitrogens is 2. The fraction of sp³-hybridized carbons (Fsp3) is 0.294. The quantitative estimate of drug-likeness (QED) is 0.502. The summed E-state index contributed by atoms with van der Waals surface area (Å²) in [5.41, 5.74) is 12.3. The van der Waals surface area contributed by atoms with Gasteiger partial charge in [-0.05, 0) is 31.4 Å². The lowest BCUT2D eigenvalue weighted by molar-refractivity contribution is 0.0724. The fourth-order valence-corrected chi connectivity index (χ4v) is 2.41. The third kappa shape index (κ3) is 6.98. The van der Waals surface area contributed by atoms with Crippen LogP contribution in [0.2, 0.25) is 5.15 Å². The number of aromatic nitrogens is 5. The van der Waals surface area contributed by atoms with Crippen molar-refractivity contribution in [3.05, 3.63) is 53.8 Å². The third-order valence-corrected chi connectivity index (χ3v) is 3.99. The van der Waals surface area contributed by atoms with Gasteiger partial charge < -0.3 is 16.4 Å². The molecule has 0 aliphatic carbocycles. The maximum absolute atomic E-state index is 11.9. The third-order valence-electron chi connectivity index (χ3n) is 3.69. The molecule has 1 saturated heterocycles. The van der Waals surface area contributed by atoms with Crippen LogP contribution in [0.4, 0.5) is 11.4 Å². The fourth-order valence-electron chi connectivity index (χ4n) is 2.31. The molecule has 4 rings (SSSR count). The predicted molar refractivity (Wildman–Crippen MR) is 105 cm³/mol. The first-order chi connectivity index (χ1) is 13.1. The van der Waals surface area contributed by atoms with Crippen LogP contribution in [0, 0.1) is 0 Å². The van der Waals surface area contributed by atoms with Crippen molar-refractivity contribution in [3.8, 4) is 0 Å². The number of aromatic amines is 2. The van der Waals surface area contributed by atoms with E-state index in [1.807, 2.05) is 11.0 Å². The van der Waals surface area contributed by atoms with E-state index in [1.54, 1.807) is 30.9 Å². The summed E-state index contributed by atoms with van der Waals surface area (Å²) < 4.78 is 0. The molecule has 0 unspecified atom stereocenters. The Balaban J connectivity index is 0.000000167. The molecule has 0 spiro atoms. The summed E-state index contributed by atoms with van der Waals surface area (Å²) in [6.07, 6.45) is 11.5. The lowest BCUT2D eigenvalue weighted by Crippen LogP contribution is -2.35. The lowest BCUT2D eigenvalue weighted by atomic mass is 10.1. The number of carbonyl (C=O) groups excluding carboxylic acids is 1. The van der Waals surface area contributed by atoms with Gasteiger partial charge in [0, 0.05) is 31.7 Å². The second-order valence-corrected chi connectivity index (χ2v) is 6.14. The zero-order valence-electron chi connectivity index (χ0n) is 14.8. The highest BCUT2D eigenvalue weighted by atomic mass is 35.5. The minimum absolute atomic E-state index is 0.123. The van der Waals surface area contributed by atoms with Crippen LogP contribution in [0.5, 0.6) is 0 Å². The molecule has 1 fully saturated rings. The Labute approximate surface area is 162 Å². The highest BCUT2D eigenvalue weighted by molar-refractivity contribution is 6.31. The second kappa shape index (κ2) is 10.8. The smallest absolute Gasteiger partial charge is 0.255 e. The minimum Gasteiger partial charge on any atom is -0.396 e. The van der Waals surface area contributed by atoms with E-state index in [2.05, 4.69) is 25.4 Å². The number of nitrogens with zero attached hydrogens (tertiary/aromatic N) is 4. The van der Waals surface area contributed by atoms with Crippen LogP contribution >= 0.6 is 11.6 Å². The van der Waals surface area contributed by atoms with Crippen LogP contribution in [0.1, 0.15) is 29.6 Å². The van der Waals surface area contributed by atoms with Gasteiger partial charge in [0.15, 0.2) is 0 Å². The number of hydrogen-bond donors (Lipinski definition) is 4. The number of halogens is 1. The number of hydrogen-bond acceptors (Lipinski definition) is 6. The molecule has 3 aromatic heterocycles. The van der Waals surface area contributed by atoms with Gasteiger partial charge in [-0.25, -0.2) is 0 Å². The van der Waals surface area contributed by atoms with Crippen LogP contribution < -0.4 is 11.5 Å². The first-order valence-electron chi connectivity index (χ1n) is 8.46. The van der Waals surface area contributed by atoms with E-state index < -0.39 is 0 Å². The van der Waals surface area contributed by atoms with Crippen molar-refractivity contribution in [2.24, 2.45) is 0 Å². The normalized spacial score (nSPS) is 13.0. The van der Waals surface area contributed by atoms with Crippen molar-refractivity contribution >= 4 is 28.9 Å². The predicted octanol–water partition coefficient (Wildman–Crippen LogP) is 2.34. The van der Waals surface area contributed by atoms with Crippen molar-refractivity contribution in [3.63, 3.8) is 0 Å². The van der Waals surface area contributed by atoms with Gasteiger partial charge in [-0.15, -0.1) is 0 Å². The van der Waals surface area contributed by atoms with Crippen LogP contribution in [0.15, 0.2) is 43.1 Å². The molecule has 3 aromatic rings. The molecule has 0 saturated carbocycles. The molecule has 0 aromatic carbocycles. The van der Waals surface area contributed by atoms with Crippen LogP contribution in [0.25, 0.3) is 0 Å². The number of nitrogens with two attached hydrogens (primary N) is 2. The standard InChI is InChI=1S/C11H14N2O.C3H4ClN3.C3H5N3/c14-11(10-5-4-6-12-9-10)13-7-2-1-3-8-13;4-3-2(5)1-6-7-3;4-3-1-5-6-2-3/h4-6,9H,1-3,7-8H2;1H,5H2,(H,6,7);1-2H,4H2,(H,5,6). The Morgan fingerprint density at radius 2 is 1.89 bits per heavy atom. The molecule has 144 valence electrons. The number of carbonyl (C=O) groups is 1. The monoisotopic (exact) mass is 390 g/mol. The van der Waals surface area contributed by atoms with Gasteiger partial charge in [0.1, 0.15) is 5.15 Å². The number of rotatable bonds is 1. The first-order valence-corrected chi connectivity index (χ1v) is 8.83. The maximum Gasteiger partial charge on any atom is 0.255 e. The van der Waals surface area contributed by atoms with Gasteiger partial charge >= 0.3 is 0 Å². The second-order valence-electron chi connectivity index (χ2n) is 5.77. The van der Waals surface area contributed by atoms with E-state index in [0.717, 1.165) is 25.9 Å². The minimum atomic E-state index is 0.123. The van der Waals surface area contributed by atoms with E-state index in [0.29, 0.717) is 22.1 Å². The Hall–Kier alpha value is -3.07. The van der Waals surface area contributed by atoms with Gasteiger partial charge in [0.05, 0.1) is 29.3 Å². The van der Waals surface area contributed by atoms with Crippen molar-refractivity contribution < 1.29 is 4.79 Å². The Bertz CT molecular complexity index is 768. The van der Waals surface area contributed by atoms with Crippen molar-refractivity contribution in [1.29, 1.82) is 0 Å². The Morgan fingerprint density at radius 3 is 2.30 bits per heavy atom. The first kappa shape index (κ1) is 20.2. The van der Waals surface area contributed by atoms with E-state index in [9.17, 15) is 4.79 Å². The molecule has 6 N–H and O–H groups in total. The summed E-state index contributed by atoms with van der Waals surface area (Å²) in [5, 5.41) is 12.5. The van der Waals surface area contributed by atoms with E-state index >= 15 is 0 Å². The number of likely N-dealkylation sites (tertiary alicyclic amines) is 1. The van der Waals surface area contributed by atoms with E-state index in [1.165, 1.54) is 12.6 Å². The highest BCUT2D eigenvalue weighted by Crippen LogP contribution is 2.12. The molecule has 0 bridgehead atoms. The summed E-state index contributed by atoms with van der Waals surface area (Å²) in [4.78, 5) is 17.8. The average molecular weight is 391 g/mol. The van der Waals surface area contributed by atoms with E-state index in [-0.39, 0.29) is 5.91 Å². The van der Waals surface area contributed by atoms with Gasteiger partial charge in [0.2, 0.25) is 0 Å². The summed E-state index contributed by atoms with van der Waals surface area (Å²) in [6.45, 7) is 1.79. The molecular weight excluding hydrogens is 368 g/mol. The van der Waals surface area contributed by atoms with Crippen molar-refractivity contribution in [2.75, 3.05) is 24.6 Å². The lowest BCUT2D eigenvalue weighted by Gasteiger charge is -2.26. The Morgan fingerprint density at radius 1 is 1.11 bits per heavy atom. The zero-order chi connectivity index (χ0) is 19.5. The molecule has 0 atom stereocenters. The number of nitrogen functional groups attached to an aromatic ring is 2. The molecule has 0 radical (unpaired) electrons. The molecule has 1 amide bonds. The number of pyridine rings is 1. The molecule has 10 heteroatoms. The van der Waals surface area contributed by atoms with E-state index in [4.69, 9.17) is 23.1 Å². The molecule has 1 aliphatic heterocycles. The maximum atomic E-state index is 11.9. The van der Waals surface area contributed by atoms with Crippen LogP contribution in [0.3, 0.4) is 0 Å². The molecule has 4 heterocycles. The SMILES string of the molecule is Nc1cn[nH]c1.Nc1cn[nH]c1Cl.O=C(c1cccnc1)N1CCCCC1.